The van der Waals surface area contributed by atoms with Crippen LogP contribution >= 0.6 is 11.8 Å². The van der Waals surface area contributed by atoms with Gasteiger partial charge in [-0.05, 0) is 24.5 Å². The van der Waals surface area contributed by atoms with E-state index >= 15 is 0 Å². The molecule has 0 atom stereocenters. The van der Waals surface area contributed by atoms with E-state index in [1.807, 2.05) is 36.6 Å². The highest BCUT2D eigenvalue weighted by Crippen LogP contribution is 2.18. The zero-order valence-corrected chi connectivity index (χ0v) is 11.0. The summed E-state index contributed by atoms with van der Waals surface area (Å²) in [6.07, 6.45) is 3.33. The molecule has 1 heterocycles. The van der Waals surface area contributed by atoms with Crippen molar-refractivity contribution in [3.8, 4) is 6.07 Å². The number of carbonyl (C=O) groups excluding carboxylic acids is 1. The molecule has 0 bridgehead atoms. The maximum Gasteiger partial charge on any atom is 0.244 e. The summed E-state index contributed by atoms with van der Waals surface area (Å²) < 4.78 is 1.40. The van der Waals surface area contributed by atoms with Gasteiger partial charge in [-0.15, -0.1) is 22.0 Å². The lowest BCUT2D eigenvalue weighted by Crippen LogP contribution is -2.19. The number of hydrogen-bond acceptors (Lipinski definition) is 5. The van der Waals surface area contributed by atoms with E-state index in [9.17, 15) is 4.79 Å². The molecule has 0 saturated carbocycles. The molecule has 6 nitrogen and oxygen atoms in total. The number of rotatable bonds is 4. The van der Waals surface area contributed by atoms with Crippen LogP contribution in [-0.2, 0) is 11.3 Å². The minimum absolute atomic E-state index is 0.0133. The van der Waals surface area contributed by atoms with Crippen LogP contribution in [0.2, 0.25) is 0 Å². The average molecular weight is 273 g/mol. The SMILES string of the molecule is CSc1cccc(NC(=O)Cn2cnnc2C#N)c1. The van der Waals surface area contributed by atoms with Gasteiger partial charge < -0.3 is 5.32 Å². The second-order valence-electron chi connectivity index (χ2n) is 3.67. The molecule has 0 saturated heterocycles. The van der Waals surface area contributed by atoms with Gasteiger partial charge in [-0.2, -0.15) is 5.26 Å². The van der Waals surface area contributed by atoms with Crippen molar-refractivity contribution in [2.75, 3.05) is 11.6 Å². The number of aromatic nitrogens is 3. The number of thioether (sulfide) groups is 1. The van der Waals surface area contributed by atoms with E-state index in [1.54, 1.807) is 11.8 Å². The van der Waals surface area contributed by atoms with E-state index in [-0.39, 0.29) is 18.3 Å². The third-order valence-electron chi connectivity index (χ3n) is 2.38. The van der Waals surface area contributed by atoms with Gasteiger partial charge in [-0.1, -0.05) is 6.07 Å². The normalized spacial score (nSPS) is 9.89. The Morgan fingerprint density at radius 3 is 3.16 bits per heavy atom. The lowest BCUT2D eigenvalue weighted by atomic mass is 10.3. The number of nitrogens with zero attached hydrogens (tertiary/aromatic N) is 4. The Kier molecular flexibility index (Phi) is 4.15. The quantitative estimate of drug-likeness (QED) is 0.854. The molecule has 0 aliphatic rings. The Bertz CT molecular complexity index is 631. The number of amides is 1. The first-order valence-electron chi connectivity index (χ1n) is 5.44. The van der Waals surface area contributed by atoms with Gasteiger partial charge in [0, 0.05) is 10.6 Å². The zero-order valence-electron chi connectivity index (χ0n) is 10.2. The van der Waals surface area contributed by atoms with Crippen molar-refractivity contribution in [2.45, 2.75) is 11.4 Å². The van der Waals surface area contributed by atoms with E-state index in [0.717, 1.165) is 10.6 Å². The fourth-order valence-electron chi connectivity index (χ4n) is 1.51. The minimum atomic E-state index is -0.227. The highest BCUT2D eigenvalue weighted by atomic mass is 32.2. The smallest absolute Gasteiger partial charge is 0.244 e. The van der Waals surface area contributed by atoms with Crippen LogP contribution in [0.3, 0.4) is 0 Å². The molecular formula is C12H11N5OS. The summed E-state index contributed by atoms with van der Waals surface area (Å²) in [5.74, 6) is -0.109. The van der Waals surface area contributed by atoms with Crippen LogP contribution in [0.15, 0.2) is 35.5 Å². The molecule has 0 aliphatic carbocycles. The van der Waals surface area contributed by atoms with E-state index in [2.05, 4.69) is 15.5 Å². The van der Waals surface area contributed by atoms with Crippen molar-refractivity contribution in [3.63, 3.8) is 0 Å². The predicted octanol–water partition coefficient (Wildman–Crippen LogP) is 1.51. The van der Waals surface area contributed by atoms with Crippen LogP contribution in [0, 0.1) is 11.3 Å². The van der Waals surface area contributed by atoms with Gasteiger partial charge in [0.15, 0.2) is 0 Å². The summed E-state index contributed by atoms with van der Waals surface area (Å²) in [7, 11) is 0. The summed E-state index contributed by atoms with van der Waals surface area (Å²) in [5.41, 5.74) is 0.725. The van der Waals surface area contributed by atoms with Gasteiger partial charge >= 0.3 is 0 Å². The maximum atomic E-state index is 11.8. The molecule has 0 unspecified atom stereocenters. The third kappa shape index (κ3) is 3.33. The van der Waals surface area contributed by atoms with Crippen LogP contribution in [0.4, 0.5) is 5.69 Å². The summed E-state index contributed by atoms with van der Waals surface area (Å²) in [4.78, 5) is 12.9. The van der Waals surface area contributed by atoms with Gasteiger partial charge in [-0.25, -0.2) is 0 Å². The standard InChI is InChI=1S/C12H11N5OS/c1-19-10-4-2-3-9(5-10)15-12(18)7-17-8-14-16-11(17)6-13/h2-5,8H,7H2,1H3,(H,15,18). The topological polar surface area (TPSA) is 83.6 Å². The van der Waals surface area contributed by atoms with Gasteiger partial charge in [-0.3, -0.25) is 9.36 Å². The second kappa shape index (κ2) is 6.02. The highest BCUT2D eigenvalue weighted by molar-refractivity contribution is 7.98. The zero-order chi connectivity index (χ0) is 13.7. The van der Waals surface area contributed by atoms with Crippen molar-refractivity contribution in [3.05, 3.63) is 36.4 Å². The molecule has 0 radical (unpaired) electrons. The molecule has 0 spiro atoms. The summed E-state index contributed by atoms with van der Waals surface area (Å²) >= 11 is 1.60. The Labute approximate surface area is 114 Å². The molecule has 1 aromatic carbocycles. The van der Waals surface area contributed by atoms with Crippen LogP contribution in [-0.4, -0.2) is 26.9 Å². The third-order valence-corrected chi connectivity index (χ3v) is 3.11. The molecule has 7 heteroatoms. The first-order valence-corrected chi connectivity index (χ1v) is 6.67. The minimum Gasteiger partial charge on any atom is -0.324 e. The fraction of sp³-hybridized carbons (Fsp3) is 0.167. The molecule has 1 aromatic heterocycles. The number of nitriles is 1. The van der Waals surface area contributed by atoms with Gasteiger partial charge in [0.1, 0.15) is 18.9 Å². The number of nitrogens with one attached hydrogen (secondary N) is 1. The monoisotopic (exact) mass is 273 g/mol. The average Bonchev–Trinajstić information content (AvgIpc) is 2.86. The molecule has 2 rings (SSSR count). The number of benzene rings is 1. The van der Waals surface area contributed by atoms with Crippen LogP contribution in [0.5, 0.6) is 0 Å². The fourth-order valence-corrected chi connectivity index (χ4v) is 1.97. The van der Waals surface area contributed by atoms with Crippen molar-refractivity contribution in [1.29, 1.82) is 5.26 Å². The molecule has 1 amide bonds. The highest BCUT2D eigenvalue weighted by Gasteiger charge is 2.08. The van der Waals surface area contributed by atoms with Crippen LogP contribution in [0.25, 0.3) is 0 Å². The first-order chi connectivity index (χ1) is 9.22. The van der Waals surface area contributed by atoms with Crippen molar-refractivity contribution in [1.82, 2.24) is 14.8 Å². The number of anilines is 1. The van der Waals surface area contributed by atoms with E-state index in [1.165, 1.54) is 10.9 Å². The van der Waals surface area contributed by atoms with Crippen LogP contribution < -0.4 is 5.32 Å². The summed E-state index contributed by atoms with van der Waals surface area (Å²) in [6, 6.07) is 9.41. The number of carbonyl (C=O) groups is 1. The van der Waals surface area contributed by atoms with Crippen LogP contribution in [0.1, 0.15) is 5.82 Å². The van der Waals surface area contributed by atoms with Crippen molar-refractivity contribution in [2.24, 2.45) is 0 Å². The van der Waals surface area contributed by atoms with E-state index in [4.69, 9.17) is 5.26 Å². The molecule has 0 aliphatic heterocycles. The first kappa shape index (κ1) is 13.1. The van der Waals surface area contributed by atoms with Crippen molar-refractivity contribution >= 4 is 23.4 Å². The summed E-state index contributed by atoms with van der Waals surface area (Å²) in [5, 5.41) is 18.7. The molecule has 1 N–H and O–H groups in total. The predicted molar refractivity (Wildman–Crippen MR) is 71.6 cm³/mol. The molecule has 0 fully saturated rings. The lowest BCUT2D eigenvalue weighted by molar-refractivity contribution is -0.116. The Morgan fingerprint density at radius 2 is 2.42 bits per heavy atom. The van der Waals surface area contributed by atoms with E-state index < -0.39 is 0 Å². The lowest BCUT2D eigenvalue weighted by Gasteiger charge is -2.07. The van der Waals surface area contributed by atoms with Gasteiger partial charge in [0.2, 0.25) is 11.7 Å². The maximum absolute atomic E-state index is 11.8. The molecule has 96 valence electrons. The Hall–Kier alpha value is -2.33. The van der Waals surface area contributed by atoms with Gasteiger partial charge in [0.05, 0.1) is 0 Å². The molecule has 19 heavy (non-hydrogen) atoms. The van der Waals surface area contributed by atoms with E-state index in [0.29, 0.717) is 0 Å². The Morgan fingerprint density at radius 1 is 1.58 bits per heavy atom. The van der Waals surface area contributed by atoms with Gasteiger partial charge in [0.25, 0.3) is 0 Å². The molecular weight excluding hydrogens is 262 g/mol. The summed E-state index contributed by atoms with van der Waals surface area (Å²) in [6.45, 7) is 0.0133. The van der Waals surface area contributed by atoms with Crippen molar-refractivity contribution < 1.29 is 4.79 Å². The Balaban J connectivity index is 2.03. The molecule has 2 aromatic rings. The largest absolute Gasteiger partial charge is 0.324 e. The number of hydrogen-bond donors (Lipinski definition) is 1. The second-order valence-corrected chi connectivity index (χ2v) is 4.55.